The van der Waals surface area contributed by atoms with Crippen molar-refractivity contribution in [1.82, 2.24) is 0 Å². The van der Waals surface area contributed by atoms with Crippen LogP contribution in [0.15, 0.2) is 91.0 Å². The van der Waals surface area contributed by atoms with Crippen LogP contribution in [-0.2, 0) is 21.8 Å². The number of ether oxygens (including phenoxy) is 3. The molecule has 0 saturated carbocycles. The molecule has 245 valence electrons. The summed E-state index contributed by atoms with van der Waals surface area (Å²) in [6.45, 7) is 7.02. The molecule has 7 rings (SSSR count). The first kappa shape index (κ1) is 32.9. The van der Waals surface area contributed by atoms with Crippen molar-refractivity contribution in [2.75, 3.05) is 21.3 Å². The summed E-state index contributed by atoms with van der Waals surface area (Å²) in [4.78, 5) is 0. The molecule has 0 saturated heterocycles. The molecule has 0 fully saturated rings. The molecule has 48 heavy (non-hydrogen) atoms. The molecule has 0 spiro atoms. The van der Waals surface area contributed by atoms with Gasteiger partial charge in [-0.3, -0.25) is 0 Å². The topological polar surface area (TPSA) is 27.7 Å². The van der Waals surface area contributed by atoms with Crippen molar-refractivity contribution in [3.05, 3.63) is 124 Å². The second kappa shape index (κ2) is 14.1. The van der Waals surface area contributed by atoms with E-state index in [1.165, 1.54) is 100 Å². The predicted molar refractivity (Wildman–Crippen MR) is 198 cm³/mol. The molecular weight excluding hydrogens is 668 g/mol. The number of rotatable bonds is 12. The van der Waals surface area contributed by atoms with Crippen molar-refractivity contribution in [2.45, 2.75) is 64.3 Å². The Kier molecular flexibility index (Phi) is 9.66. The zero-order valence-corrected chi connectivity index (χ0v) is 31.7. The van der Waals surface area contributed by atoms with Gasteiger partial charge in [-0.2, -0.15) is 0 Å². The van der Waals surface area contributed by atoms with E-state index in [0.717, 1.165) is 17.2 Å². The van der Waals surface area contributed by atoms with E-state index in [9.17, 15) is 0 Å². The van der Waals surface area contributed by atoms with Gasteiger partial charge >= 0.3 is 296 Å². The van der Waals surface area contributed by atoms with Crippen molar-refractivity contribution >= 4 is 21.9 Å². The van der Waals surface area contributed by atoms with Gasteiger partial charge in [0.25, 0.3) is 0 Å². The predicted octanol–water partition coefficient (Wildman–Crippen LogP) is 12.1. The number of unbranched alkanes of at least 4 members (excludes halogenated alkanes) is 2. The van der Waals surface area contributed by atoms with E-state index >= 15 is 0 Å². The van der Waals surface area contributed by atoms with Crippen LogP contribution in [0.25, 0.3) is 33.0 Å². The van der Waals surface area contributed by atoms with E-state index in [1.54, 1.807) is 21.3 Å². The van der Waals surface area contributed by atoms with Gasteiger partial charge in [-0.15, -0.1) is 0 Å². The Balaban J connectivity index is 1.57. The van der Waals surface area contributed by atoms with Crippen LogP contribution >= 0.6 is 0 Å². The average Bonchev–Trinajstić information content (AvgIpc) is 3.62. The number of fused-ring (bicyclic) bond motifs is 5. The van der Waals surface area contributed by atoms with E-state index in [4.69, 9.17) is 14.2 Å². The number of benzene rings is 5. The van der Waals surface area contributed by atoms with Crippen molar-refractivity contribution in [1.29, 1.82) is 0 Å². The maximum atomic E-state index is 6.31. The molecule has 0 N–H and O–H groups in total. The van der Waals surface area contributed by atoms with Gasteiger partial charge < -0.3 is 0 Å². The fourth-order valence-electron chi connectivity index (χ4n) is 8.53. The molecule has 0 radical (unpaired) electrons. The van der Waals surface area contributed by atoms with Crippen LogP contribution in [0.1, 0.15) is 89.4 Å². The molecule has 2 unspecified atom stereocenters. The summed E-state index contributed by atoms with van der Waals surface area (Å²) in [6.07, 6.45) is 5.09. The summed E-state index contributed by atoms with van der Waals surface area (Å²) >= 11 is -2.13. The molecule has 0 amide bonds. The molecule has 2 aliphatic rings. The summed E-state index contributed by atoms with van der Waals surface area (Å²) < 4.78 is 21.6. The van der Waals surface area contributed by atoms with Crippen molar-refractivity contribution < 1.29 is 36.0 Å². The third-order valence-corrected chi connectivity index (χ3v) is 19.1. The summed E-state index contributed by atoms with van der Waals surface area (Å²) in [7, 11) is 5.38. The summed E-state index contributed by atoms with van der Waals surface area (Å²) in [6, 6.07) is 33.8. The second-order valence-corrected chi connectivity index (χ2v) is 20.4. The third-order valence-electron chi connectivity index (χ3n) is 10.7. The van der Waals surface area contributed by atoms with Crippen molar-refractivity contribution in [3.8, 4) is 28.4 Å². The zero-order chi connectivity index (χ0) is 33.4. The average molecular weight is 715 g/mol. The number of methoxy groups -OCH3 is 3. The van der Waals surface area contributed by atoms with Gasteiger partial charge in [0.2, 0.25) is 0 Å². The van der Waals surface area contributed by atoms with Crippen molar-refractivity contribution in [3.63, 3.8) is 0 Å². The summed E-state index contributed by atoms with van der Waals surface area (Å²) in [5.41, 5.74) is 13.6. The minimum atomic E-state index is -2.13. The molecular formula is C44H47O3Zr. The SMILES string of the molecule is CCC[CH2][Zr]([CH2]CCC)[CH]1c2cc(OC)ccc2-c2c(OC)c(OC)cc(C3C(c4cccc5ccccc45)=C(C)c4ccccc43)c21. The minimum absolute atomic E-state index is 0.0706. The Morgan fingerprint density at radius 2 is 1.35 bits per heavy atom. The molecule has 0 aromatic heterocycles. The van der Waals surface area contributed by atoms with Gasteiger partial charge in [0.15, 0.2) is 0 Å². The maximum absolute atomic E-state index is 6.31. The fraction of sp³-hybridized carbons (Fsp3) is 0.318. The van der Waals surface area contributed by atoms with E-state index in [1.807, 2.05) is 0 Å². The normalized spacial score (nSPS) is 16.1. The first-order chi connectivity index (χ1) is 23.6. The van der Waals surface area contributed by atoms with Crippen molar-refractivity contribution in [2.24, 2.45) is 0 Å². The van der Waals surface area contributed by atoms with Gasteiger partial charge in [0.1, 0.15) is 0 Å². The molecule has 0 bridgehead atoms. The molecule has 0 aliphatic heterocycles. The first-order valence-electron chi connectivity index (χ1n) is 17.7. The molecule has 2 atom stereocenters. The summed E-state index contributed by atoms with van der Waals surface area (Å²) in [5.74, 6) is 2.67. The van der Waals surface area contributed by atoms with Gasteiger partial charge in [0, 0.05) is 0 Å². The molecule has 4 heteroatoms. The zero-order valence-electron chi connectivity index (χ0n) is 29.3. The first-order valence-corrected chi connectivity index (χ1v) is 22.5. The quantitative estimate of drug-likeness (QED) is 0.129. The van der Waals surface area contributed by atoms with Crippen LogP contribution in [0.4, 0.5) is 0 Å². The second-order valence-electron chi connectivity index (χ2n) is 13.3. The van der Waals surface area contributed by atoms with E-state index in [2.05, 4.69) is 112 Å². The number of hydrogen-bond donors (Lipinski definition) is 0. The molecule has 5 aromatic carbocycles. The monoisotopic (exact) mass is 713 g/mol. The molecule has 3 nitrogen and oxygen atoms in total. The van der Waals surface area contributed by atoms with Crippen LogP contribution in [0.3, 0.4) is 0 Å². The Morgan fingerprint density at radius 3 is 2.08 bits per heavy atom. The van der Waals surface area contributed by atoms with Crippen LogP contribution < -0.4 is 14.2 Å². The van der Waals surface area contributed by atoms with Gasteiger partial charge in [-0.1, -0.05) is 0 Å². The Labute approximate surface area is 294 Å². The standard InChI is InChI=1S/C36H29O3.2C4H9.Zr/c1-21-25-12-7-8-14-28(25)34(33(21)29-15-9-11-22-10-5-6-13-26(22)29)31-20-32(38-3)36(39-4)35-27-17-16-24(37-2)18-23(27)19-30(31)35;2*1-3-4-2;/h5-20,34H,1-4H3;2*1,3-4H2,2H3;. The molecule has 2 aliphatic carbocycles. The Hall–Kier alpha value is -3.62. The van der Waals surface area contributed by atoms with E-state index < -0.39 is 21.8 Å². The number of allylic oxidation sites excluding steroid dienone is 2. The Bertz CT molecular complexity index is 1990. The van der Waals surface area contributed by atoms with Crippen LogP contribution in [-0.4, -0.2) is 21.3 Å². The van der Waals surface area contributed by atoms with Crippen LogP contribution in [0.2, 0.25) is 8.26 Å². The number of hydrogen-bond acceptors (Lipinski definition) is 3. The third kappa shape index (κ3) is 5.45. The summed E-state index contributed by atoms with van der Waals surface area (Å²) in [5, 5.41) is 2.57. The Morgan fingerprint density at radius 1 is 0.646 bits per heavy atom. The van der Waals surface area contributed by atoms with Gasteiger partial charge in [-0.05, 0) is 0 Å². The fourth-order valence-corrected chi connectivity index (χ4v) is 18.0. The molecule has 0 heterocycles. The van der Waals surface area contributed by atoms with Gasteiger partial charge in [-0.25, -0.2) is 0 Å². The van der Waals surface area contributed by atoms with Gasteiger partial charge in [0.05, 0.1) is 0 Å². The van der Waals surface area contributed by atoms with E-state index in [-0.39, 0.29) is 5.92 Å². The van der Waals surface area contributed by atoms with Crippen LogP contribution in [0.5, 0.6) is 17.2 Å². The van der Waals surface area contributed by atoms with Crippen LogP contribution in [0, 0.1) is 0 Å². The molecule has 5 aromatic rings. The van der Waals surface area contributed by atoms with E-state index in [0.29, 0.717) is 3.63 Å².